The van der Waals surface area contributed by atoms with Crippen LogP contribution in [-0.4, -0.2) is 95.2 Å². The van der Waals surface area contributed by atoms with Gasteiger partial charge >= 0.3 is 5.97 Å². The van der Waals surface area contributed by atoms with Gasteiger partial charge in [-0.1, -0.05) is 83.5 Å². The number of aryl methyl sites for hydroxylation is 2. The van der Waals surface area contributed by atoms with Crippen LogP contribution < -0.4 is 10.2 Å². The molecule has 2 N–H and O–H groups in total. The molecule has 2 aromatic carbocycles. The monoisotopic (exact) mass is 779 g/mol. The van der Waals surface area contributed by atoms with Crippen molar-refractivity contribution in [3.05, 3.63) is 90.5 Å². The molecule has 5 rings (SSSR count). The summed E-state index contributed by atoms with van der Waals surface area (Å²) < 4.78 is 18.6. The van der Waals surface area contributed by atoms with Gasteiger partial charge in [0.2, 0.25) is 11.8 Å². The van der Waals surface area contributed by atoms with Crippen molar-refractivity contribution in [2.24, 2.45) is 11.8 Å². The minimum atomic E-state index is -1.39. The van der Waals surface area contributed by atoms with Crippen molar-refractivity contribution in [1.82, 2.24) is 10.2 Å². The van der Waals surface area contributed by atoms with Crippen LogP contribution in [0.2, 0.25) is 0 Å². The molecule has 3 saturated heterocycles. The number of hydrogen-bond acceptors (Lipinski definition) is 8. The van der Waals surface area contributed by atoms with Crippen molar-refractivity contribution < 1.29 is 38.5 Å². The fourth-order valence-electron chi connectivity index (χ4n) is 8.35. The zero-order valence-electron chi connectivity index (χ0n) is 30.3. The fraction of sp³-hybridized carbons (Fsp3) is 0.500. The van der Waals surface area contributed by atoms with Gasteiger partial charge in [-0.3, -0.25) is 19.2 Å². The molecule has 0 radical (unpaired) electrons. The normalized spacial score (nSPS) is 26.3. The molecule has 3 aliphatic heterocycles. The standard InChI is InChI=1S/C40H50BrN3O8/c1-7-10-19-30(46)42-29(23-50-6)34(26-17-12-11-13-18-26)51-39(49)31-32-37(47)44(27(9-3)22-45)36(40(32)21-28(41)35(31)52-40)38(48)43(20-8-2)33-24(4)15-14-16-25(33)5/h7-8,11-18,27-29,31-32,34-36,45H,1-2,9-10,19-23H2,3-6H3,(H,42,46)/t27-,28?,29+,31+,32-,34+,35+,36+,40-/m0/s1. The topological polar surface area (TPSA) is 135 Å². The number of halogens is 1. The van der Waals surface area contributed by atoms with Crippen LogP contribution in [-0.2, 0) is 33.4 Å². The number of ether oxygens (including phenoxy) is 3. The molecule has 2 aromatic rings. The van der Waals surface area contributed by atoms with E-state index in [0.717, 1.165) is 11.1 Å². The Morgan fingerprint density at radius 3 is 2.42 bits per heavy atom. The lowest BCUT2D eigenvalue weighted by Crippen LogP contribution is -2.59. The minimum absolute atomic E-state index is 0.0428. The summed E-state index contributed by atoms with van der Waals surface area (Å²) >= 11 is 3.74. The molecule has 3 amide bonds. The first-order valence-corrected chi connectivity index (χ1v) is 18.8. The number of esters is 1. The van der Waals surface area contributed by atoms with Gasteiger partial charge in [0, 0.05) is 30.6 Å². The Hall–Kier alpha value is -3.84. The number of para-hydroxylation sites is 1. The molecule has 12 heteroatoms. The maximum absolute atomic E-state index is 15.1. The van der Waals surface area contributed by atoms with Gasteiger partial charge in [-0.15, -0.1) is 13.2 Å². The summed E-state index contributed by atoms with van der Waals surface area (Å²) in [6.07, 6.45) is 2.87. The number of hydrogen-bond donors (Lipinski definition) is 2. The number of amides is 3. The van der Waals surface area contributed by atoms with Gasteiger partial charge in [-0.2, -0.15) is 0 Å². The molecular weight excluding hydrogens is 730 g/mol. The van der Waals surface area contributed by atoms with Crippen molar-refractivity contribution in [1.29, 1.82) is 0 Å². The van der Waals surface area contributed by atoms with Crippen molar-refractivity contribution in [3.8, 4) is 0 Å². The molecular formula is C40H50BrN3O8. The van der Waals surface area contributed by atoms with E-state index in [0.29, 0.717) is 24.1 Å². The highest BCUT2D eigenvalue weighted by Crippen LogP contribution is 2.61. The lowest BCUT2D eigenvalue weighted by molar-refractivity contribution is -0.163. The van der Waals surface area contributed by atoms with E-state index in [1.807, 2.05) is 57.2 Å². The summed E-state index contributed by atoms with van der Waals surface area (Å²) in [5.74, 6) is -3.90. The predicted octanol–water partition coefficient (Wildman–Crippen LogP) is 4.72. The molecule has 2 bridgehead atoms. The third-order valence-corrected chi connectivity index (χ3v) is 11.4. The lowest BCUT2D eigenvalue weighted by atomic mass is 9.70. The van der Waals surface area contributed by atoms with Crippen molar-refractivity contribution >= 4 is 45.3 Å². The van der Waals surface area contributed by atoms with Crippen LogP contribution in [0, 0.1) is 25.7 Å². The SMILES string of the molecule is C=CCCC(=O)N[C@H](COC)[C@H](OC(=O)[C@H]1[C@@H]2O[C@@]3(CC2Br)[C@@H]1C(=O)N([C@@H](CC)CO)[C@@H]3C(=O)N(CC=C)c1c(C)cccc1C)c1ccccc1. The van der Waals surface area contributed by atoms with E-state index in [-0.39, 0.29) is 49.2 Å². The highest BCUT2D eigenvalue weighted by Gasteiger charge is 2.77. The lowest BCUT2D eigenvalue weighted by Gasteiger charge is -2.39. The number of carbonyl (C=O) groups excluding carboxylic acids is 4. The number of likely N-dealkylation sites (tertiary alicyclic amines) is 1. The molecule has 0 aliphatic carbocycles. The maximum Gasteiger partial charge on any atom is 0.313 e. The Morgan fingerprint density at radius 1 is 1.13 bits per heavy atom. The summed E-state index contributed by atoms with van der Waals surface area (Å²) in [4.78, 5) is 60.1. The second kappa shape index (κ2) is 16.9. The quantitative estimate of drug-likeness (QED) is 0.134. The van der Waals surface area contributed by atoms with Gasteiger partial charge in [0.25, 0.3) is 5.91 Å². The smallest absolute Gasteiger partial charge is 0.313 e. The van der Waals surface area contributed by atoms with Gasteiger partial charge in [0.1, 0.15) is 17.7 Å². The average molecular weight is 781 g/mol. The van der Waals surface area contributed by atoms with E-state index in [9.17, 15) is 19.5 Å². The zero-order valence-corrected chi connectivity index (χ0v) is 31.9. The Labute approximate surface area is 314 Å². The molecule has 11 nitrogen and oxygen atoms in total. The number of rotatable bonds is 17. The van der Waals surface area contributed by atoms with E-state index in [1.165, 1.54) is 12.0 Å². The largest absolute Gasteiger partial charge is 0.455 e. The van der Waals surface area contributed by atoms with Gasteiger partial charge in [0.15, 0.2) is 0 Å². The Morgan fingerprint density at radius 2 is 1.83 bits per heavy atom. The molecule has 280 valence electrons. The Bertz CT molecular complexity index is 1630. The first kappa shape index (κ1) is 39.4. The predicted molar refractivity (Wildman–Crippen MR) is 201 cm³/mol. The zero-order chi connectivity index (χ0) is 37.7. The van der Waals surface area contributed by atoms with Gasteiger partial charge < -0.3 is 34.4 Å². The molecule has 0 saturated carbocycles. The van der Waals surface area contributed by atoms with Crippen LogP contribution in [0.1, 0.15) is 55.4 Å². The van der Waals surface area contributed by atoms with E-state index >= 15 is 4.79 Å². The first-order chi connectivity index (χ1) is 25.0. The highest BCUT2D eigenvalue weighted by molar-refractivity contribution is 9.09. The molecule has 3 fully saturated rings. The summed E-state index contributed by atoms with van der Waals surface area (Å²) in [6.45, 7) is 13.1. The molecule has 9 atom stereocenters. The second-order valence-corrected chi connectivity index (χ2v) is 15.0. The summed E-state index contributed by atoms with van der Waals surface area (Å²) in [7, 11) is 1.50. The van der Waals surface area contributed by atoms with Crippen LogP contribution in [0.15, 0.2) is 73.8 Å². The number of anilines is 1. The number of aliphatic hydroxyl groups excluding tert-OH is 1. The number of allylic oxidation sites excluding steroid dienone is 1. The van der Waals surface area contributed by atoms with Crippen LogP contribution in [0.3, 0.4) is 0 Å². The van der Waals surface area contributed by atoms with Crippen LogP contribution in [0.5, 0.6) is 0 Å². The summed E-state index contributed by atoms with van der Waals surface area (Å²) in [6, 6.07) is 12.2. The number of methoxy groups -OCH3 is 1. The summed E-state index contributed by atoms with van der Waals surface area (Å²) in [5.41, 5.74) is 1.70. The molecule has 1 spiro atoms. The van der Waals surface area contributed by atoms with E-state index in [2.05, 4.69) is 34.4 Å². The van der Waals surface area contributed by atoms with Crippen molar-refractivity contribution in [2.75, 3.05) is 31.8 Å². The third kappa shape index (κ3) is 7.22. The fourth-order valence-corrected chi connectivity index (χ4v) is 9.29. The molecule has 3 heterocycles. The minimum Gasteiger partial charge on any atom is -0.455 e. The number of fused-ring (bicyclic) bond motifs is 1. The van der Waals surface area contributed by atoms with Gasteiger partial charge in [-0.05, 0) is 49.8 Å². The highest BCUT2D eigenvalue weighted by atomic mass is 79.9. The van der Waals surface area contributed by atoms with Crippen molar-refractivity contribution in [2.45, 2.75) is 87.2 Å². The Kier molecular flexibility index (Phi) is 12.8. The van der Waals surface area contributed by atoms with Gasteiger partial charge in [0.05, 0.1) is 43.2 Å². The van der Waals surface area contributed by atoms with Gasteiger partial charge in [-0.25, -0.2) is 0 Å². The number of benzene rings is 2. The number of nitrogens with one attached hydrogen (secondary N) is 1. The van der Waals surface area contributed by atoms with E-state index in [1.54, 1.807) is 29.2 Å². The number of nitrogens with zero attached hydrogens (tertiary/aromatic N) is 2. The van der Waals surface area contributed by atoms with E-state index < -0.39 is 59.6 Å². The molecule has 52 heavy (non-hydrogen) atoms. The third-order valence-electron chi connectivity index (χ3n) is 10.6. The second-order valence-electron chi connectivity index (χ2n) is 13.9. The van der Waals surface area contributed by atoms with Crippen LogP contribution in [0.25, 0.3) is 0 Å². The maximum atomic E-state index is 15.1. The molecule has 0 aromatic heterocycles. The number of aliphatic hydroxyl groups is 1. The average Bonchev–Trinajstić information content (AvgIpc) is 3.73. The van der Waals surface area contributed by atoms with Crippen LogP contribution in [0.4, 0.5) is 5.69 Å². The van der Waals surface area contributed by atoms with E-state index in [4.69, 9.17) is 14.2 Å². The number of alkyl halides is 1. The summed E-state index contributed by atoms with van der Waals surface area (Å²) in [5, 5.41) is 13.5. The number of carbonyl (C=O) groups is 4. The molecule has 3 aliphatic rings. The van der Waals surface area contributed by atoms with Crippen molar-refractivity contribution in [3.63, 3.8) is 0 Å². The molecule has 1 unspecified atom stereocenters. The Balaban J connectivity index is 1.56. The first-order valence-electron chi connectivity index (χ1n) is 17.9. The van der Waals surface area contributed by atoms with Crippen LogP contribution >= 0.6 is 15.9 Å².